The van der Waals surface area contributed by atoms with Gasteiger partial charge in [-0.2, -0.15) is 0 Å². The fourth-order valence-electron chi connectivity index (χ4n) is 4.05. The summed E-state index contributed by atoms with van der Waals surface area (Å²) in [4.78, 5) is 14.3. The lowest BCUT2D eigenvalue weighted by molar-refractivity contribution is 0.0176. The standard InChI is InChI=1S/C24H32NO6P/c1-24(2,3)31-23(27)25-15-22(14-17(25)16-26)32(28,20-10-6-18(29-4)7-11-20)21-12-8-19(30-5)9-13-21/h6-13,17,22,26H,14-16H2,1-5H3/t17-,22-/m0/s1. The van der Waals surface area contributed by atoms with E-state index < -0.39 is 24.9 Å². The molecule has 0 aliphatic carbocycles. The number of aliphatic hydroxyl groups is 1. The third-order valence-corrected chi connectivity index (χ3v) is 9.19. The number of benzene rings is 2. The van der Waals surface area contributed by atoms with Gasteiger partial charge in [-0.05, 0) is 75.7 Å². The molecule has 32 heavy (non-hydrogen) atoms. The number of carbonyl (C=O) groups is 1. The molecule has 1 N–H and O–H groups in total. The normalized spacial score (nSPS) is 19.0. The molecule has 1 aliphatic heterocycles. The zero-order valence-electron chi connectivity index (χ0n) is 19.3. The van der Waals surface area contributed by atoms with Gasteiger partial charge in [0.05, 0.1) is 26.9 Å². The SMILES string of the molecule is COc1ccc(P(=O)(c2ccc(OC)cc2)[C@H]2C[C@@H](CO)N(C(=O)OC(C)(C)C)C2)cc1. The van der Waals surface area contributed by atoms with E-state index in [4.69, 9.17) is 14.2 Å². The first kappa shape index (κ1) is 24.1. The molecule has 2 aromatic rings. The van der Waals surface area contributed by atoms with Crippen molar-refractivity contribution in [1.82, 2.24) is 4.90 Å². The van der Waals surface area contributed by atoms with E-state index in [1.807, 2.05) is 24.3 Å². The Morgan fingerprint density at radius 1 is 1.00 bits per heavy atom. The number of ether oxygens (including phenoxy) is 3. The van der Waals surface area contributed by atoms with Crippen LogP contribution in [0.3, 0.4) is 0 Å². The van der Waals surface area contributed by atoms with Crippen molar-refractivity contribution >= 4 is 23.8 Å². The van der Waals surface area contributed by atoms with Gasteiger partial charge in [-0.15, -0.1) is 0 Å². The largest absolute Gasteiger partial charge is 0.497 e. The maximum atomic E-state index is 14.8. The molecule has 0 aromatic heterocycles. The van der Waals surface area contributed by atoms with Gasteiger partial charge in [0, 0.05) is 22.8 Å². The first-order chi connectivity index (χ1) is 15.1. The van der Waals surface area contributed by atoms with Gasteiger partial charge in [-0.3, -0.25) is 0 Å². The summed E-state index contributed by atoms with van der Waals surface area (Å²) in [6.45, 7) is 5.40. The Morgan fingerprint density at radius 2 is 1.47 bits per heavy atom. The summed E-state index contributed by atoms with van der Waals surface area (Å²) in [6, 6.07) is 13.9. The highest BCUT2D eigenvalue weighted by molar-refractivity contribution is 7.79. The molecule has 8 heteroatoms. The van der Waals surface area contributed by atoms with Gasteiger partial charge in [-0.25, -0.2) is 4.79 Å². The highest BCUT2D eigenvalue weighted by atomic mass is 31.2. The first-order valence-corrected chi connectivity index (χ1v) is 12.4. The van der Waals surface area contributed by atoms with E-state index in [0.717, 1.165) is 0 Å². The van der Waals surface area contributed by atoms with Crippen molar-refractivity contribution in [3.8, 4) is 11.5 Å². The number of carbonyl (C=O) groups excluding carboxylic acids is 1. The van der Waals surface area contributed by atoms with Crippen LogP contribution in [0.1, 0.15) is 27.2 Å². The van der Waals surface area contributed by atoms with Crippen molar-refractivity contribution in [3.05, 3.63) is 48.5 Å². The zero-order chi connectivity index (χ0) is 23.5. The molecule has 1 aliphatic rings. The minimum absolute atomic E-state index is 0.221. The first-order valence-electron chi connectivity index (χ1n) is 10.6. The van der Waals surface area contributed by atoms with Crippen LogP contribution in [0.15, 0.2) is 48.5 Å². The van der Waals surface area contributed by atoms with Crippen LogP contribution in [0, 0.1) is 0 Å². The summed E-state index contributed by atoms with van der Waals surface area (Å²) in [5.41, 5.74) is -1.03. The van der Waals surface area contributed by atoms with E-state index in [0.29, 0.717) is 28.5 Å². The third-order valence-electron chi connectivity index (χ3n) is 5.66. The van der Waals surface area contributed by atoms with Crippen LogP contribution in [0.2, 0.25) is 0 Å². The van der Waals surface area contributed by atoms with Gasteiger partial charge in [0.2, 0.25) is 0 Å². The average Bonchev–Trinajstić information content (AvgIpc) is 3.23. The van der Waals surface area contributed by atoms with Crippen LogP contribution in [-0.4, -0.2) is 60.8 Å². The molecule has 1 saturated heterocycles. The van der Waals surface area contributed by atoms with Crippen molar-refractivity contribution in [1.29, 1.82) is 0 Å². The monoisotopic (exact) mass is 461 g/mol. The average molecular weight is 461 g/mol. The topological polar surface area (TPSA) is 85.3 Å². The van der Waals surface area contributed by atoms with Crippen LogP contribution in [0.25, 0.3) is 0 Å². The second-order valence-electron chi connectivity index (χ2n) is 8.91. The Hall–Kier alpha value is -2.50. The molecular weight excluding hydrogens is 429 g/mol. The van der Waals surface area contributed by atoms with Gasteiger partial charge < -0.3 is 28.8 Å². The maximum absolute atomic E-state index is 14.8. The van der Waals surface area contributed by atoms with Crippen molar-refractivity contribution in [2.24, 2.45) is 0 Å². The highest BCUT2D eigenvalue weighted by Gasteiger charge is 2.47. The van der Waals surface area contributed by atoms with Gasteiger partial charge in [-0.1, -0.05) is 0 Å². The maximum Gasteiger partial charge on any atom is 0.410 e. The van der Waals surface area contributed by atoms with Crippen LogP contribution in [-0.2, 0) is 9.30 Å². The van der Waals surface area contributed by atoms with E-state index in [1.165, 1.54) is 4.90 Å². The molecule has 3 rings (SSSR count). The van der Waals surface area contributed by atoms with Crippen molar-refractivity contribution < 1.29 is 28.7 Å². The molecule has 0 unspecified atom stereocenters. The van der Waals surface area contributed by atoms with Gasteiger partial charge in [0.15, 0.2) is 0 Å². The molecule has 1 heterocycles. The summed E-state index contributed by atoms with van der Waals surface area (Å²) in [6.07, 6.45) is -0.0968. The summed E-state index contributed by atoms with van der Waals surface area (Å²) in [5, 5.41) is 11.3. The Bertz CT molecular complexity index is 916. The molecule has 0 bridgehead atoms. The predicted octanol–water partition coefficient (Wildman–Crippen LogP) is 3.39. The van der Waals surface area contributed by atoms with E-state index in [1.54, 1.807) is 59.3 Å². The van der Waals surface area contributed by atoms with Gasteiger partial charge >= 0.3 is 6.09 Å². The number of nitrogens with zero attached hydrogens (tertiary/aromatic N) is 1. The fourth-order valence-corrected chi connectivity index (χ4v) is 7.32. The minimum atomic E-state index is -3.18. The van der Waals surface area contributed by atoms with Crippen LogP contribution in [0.5, 0.6) is 11.5 Å². The minimum Gasteiger partial charge on any atom is -0.497 e. The Labute approximate surface area is 189 Å². The molecule has 1 amide bonds. The summed E-state index contributed by atoms with van der Waals surface area (Å²) in [7, 11) is -0.0169. The quantitative estimate of drug-likeness (QED) is 0.664. The Balaban J connectivity index is 2.02. The molecule has 0 spiro atoms. The number of rotatable bonds is 6. The number of likely N-dealkylation sites (tertiary alicyclic amines) is 1. The smallest absolute Gasteiger partial charge is 0.410 e. The van der Waals surface area contributed by atoms with Crippen molar-refractivity contribution in [2.75, 3.05) is 27.4 Å². The zero-order valence-corrected chi connectivity index (χ0v) is 20.2. The number of amides is 1. The van der Waals surface area contributed by atoms with Gasteiger partial charge in [0.25, 0.3) is 0 Å². The lowest BCUT2D eigenvalue weighted by Crippen LogP contribution is -2.41. The second-order valence-corrected chi connectivity index (χ2v) is 12.0. The van der Waals surface area contributed by atoms with Gasteiger partial charge in [0.1, 0.15) is 24.2 Å². The van der Waals surface area contributed by atoms with E-state index >= 15 is 0 Å². The van der Waals surface area contributed by atoms with Crippen LogP contribution >= 0.6 is 7.14 Å². The number of methoxy groups -OCH3 is 2. The Kier molecular flexibility index (Phi) is 7.21. The molecule has 1 fully saturated rings. The molecule has 0 radical (unpaired) electrons. The van der Waals surface area contributed by atoms with Crippen LogP contribution < -0.4 is 20.1 Å². The lowest BCUT2D eigenvalue weighted by Gasteiger charge is -2.28. The molecule has 174 valence electrons. The Morgan fingerprint density at radius 3 is 1.84 bits per heavy atom. The summed E-state index contributed by atoms with van der Waals surface area (Å²) >= 11 is 0. The number of aliphatic hydroxyl groups excluding tert-OH is 1. The van der Waals surface area contributed by atoms with Crippen molar-refractivity contribution in [2.45, 2.75) is 44.5 Å². The third kappa shape index (κ3) is 4.94. The molecule has 2 atom stereocenters. The number of hydrogen-bond donors (Lipinski definition) is 1. The fraction of sp³-hybridized carbons (Fsp3) is 0.458. The van der Waals surface area contributed by atoms with Crippen LogP contribution in [0.4, 0.5) is 4.79 Å². The lowest BCUT2D eigenvalue weighted by atomic mass is 10.2. The highest BCUT2D eigenvalue weighted by Crippen LogP contribution is 2.53. The predicted molar refractivity (Wildman–Crippen MR) is 125 cm³/mol. The summed E-state index contributed by atoms with van der Waals surface area (Å²) < 4.78 is 30.9. The van der Waals surface area contributed by atoms with Crippen molar-refractivity contribution in [3.63, 3.8) is 0 Å². The van der Waals surface area contributed by atoms with E-state index in [2.05, 4.69) is 0 Å². The second kappa shape index (κ2) is 9.55. The van der Waals surface area contributed by atoms with E-state index in [-0.39, 0.29) is 18.8 Å². The number of hydrogen-bond acceptors (Lipinski definition) is 6. The summed E-state index contributed by atoms with van der Waals surface area (Å²) in [5.74, 6) is 1.34. The molecular formula is C24H32NO6P. The molecule has 7 nitrogen and oxygen atoms in total. The molecule has 0 saturated carbocycles. The van der Waals surface area contributed by atoms with E-state index in [9.17, 15) is 14.5 Å². The molecule has 2 aromatic carbocycles.